The number of hydrogen-bond acceptors (Lipinski definition) is 6. The number of aryl methyl sites for hydroxylation is 1. The van der Waals surface area contributed by atoms with Gasteiger partial charge in [0.15, 0.2) is 9.84 Å². The van der Waals surface area contributed by atoms with Crippen molar-refractivity contribution in [2.45, 2.75) is 16.7 Å². The number of carbonyl (C=O) groups excluding carboxylic acids is 1. The van der Waals surface area contributed by atoms with Crippen LogP contribution in [0.3, 0.4) is 0 Å². The summed E-state index contributed by atoms with van der Waals surface area (Å²) in [6.07, 6.45) is 1.05. The van der Waals surface area contributed by atoms with E-state index in [1.807, 2.05) is 0 Å². The summed E-state index contributed by atoms with van der Waals surface area (Å²) in [5.41, 5.74) is 1.23. The zero-order chi connectivity index (χ0) is 23.5. The molecular formula is C22H22N2O6S2. The minimum atomic E-state index is -3.93. The summed E-state index contributed by atoms with van der Waals surface area (Å²) >= 11 is 0. The van der Waals surface area contributed by atoms with E-state index < -0.39 is 25.8 Å². The Kier molecular flexibility index (Phi) is 6.56. The van der Waals surface area contributed by atoms with E-state index in [-0.39, 0.29) is 21.0 Å². The molecule has 0 bridgehead atoms. The summed E-state index contributed by atoms with van der Waals surface area (Å²) in [6.45, 7) is 1.64. The first-order chi connectivity index (χ1) is 15.0. The van der Waals surface area contributed by atoms with Crippen molar-refractivity contribution < 1.29 is 26.4 Å². The van der Waals surface area contributed by atoms with Gasteiger partial charge >= 0.3 is 0 Å². The summed E-state index contributed by atoms with van der Waals surface area (Å²) in [5, 5.41) is 2.61. The third-order valence-electron chi connectivity index (χ3n) is 4.60. The van der Waals surface area contributed by atoms with E-state index >= 15 is 0 Å². The van der Waals surface area contributed by atoms with Gasteiger partial charge in [0.2, 0.25) is 0 Å². The van der Waals surface area contributed by atoms with Crippen LogP contribution < -0.4 is 14.8 Å². The van der Waals surface area contributed by atoms with Crippen LogP contribution in [0, 0.1) is 6.92 Å². The first-order valence-corrected chi connectivity index (χ1v) is 12.8. The summed E-state index contributed by atoms with van der Waals surface area (Å²) in [7, 11) is -5.89. The Morgan fingerprint density at radius 2 is 1.53 bits per heavy atom. The molecule has 0 saturated heterocycles. The van der Waals surface area contributed by atoms with Gasteiger partial charge in [-0.2, -0.15) is 0 Å². The SMILES string of the molecule is COc1ccc(NS(=O)(=O)c2cc(NC(=O)c3cccc(S(C)(=O)=O)c3)ccc2C)cc1. The van der Waals surface area contributed by atoms with Gasteiger partial charge in [-0.05, 0) is 67.1 Å². The van der Waals surface area contributed by atoms with E-state index in [2.05, 4.69) is 10.0 Å². The molecule has 32 heavy (non-hydrogen) atoms. The summed E-state index contributed by atoms with van der Waals surface area (Å²) in [6, 6.07) is 16.5. The first-order valence-electron chi connectivity index (χ1n) is 9.38. The van der Waals surface area contributed by atoms with Crippen LogP contribution in [0.5, 0.6) is 5.75 Å². The van der Waals surface area contributed by atoms with Crippen LogP contribution >= 0.6 is 0 Å². The smallest absolute Gasteiger partial charge is 0.262 e. The lowest BCUT2D eigenvalue weighted by Crippen LogP contribution is -2.16. The third-order valence-corrected chi connectivity index (χ3v) is 7.24. The van der Waals surface area contributed by atoms with Crippen LogP contribution in [0.1, 0.15) is 15.9 Å². The van der Waals surface area contributed by atoms with Crippen molar-refractivity contribution >= 4 is 37.1 Å². The number of hydrogen-bond donors (Lipinski definition) is 2. The summed E-state index contributed by atoms with van der Waals surface area (Å²) < 4.78 is 56.9. The molecular weight excluding hydrogens is 452 g/mol. The number of nitrogens with one attached hydrogen (secondary N) is 2. The highest BCUT2D eigenvalue weighted by Crippen LogP contribution is 2.24. The van der Waals surface area contributed by atoms with Gasteiger partial charge in [-0.3, -0.25) is 9.52 Å². The average Bonchev–Trinajstić information content (AvgIpc) is 2.74. The monoisotopic (exact) mass is 474 g/mol. The molecule has 0 aliphatic heterocycles. The fourth-order valence-corrected chi connectivity index (χ4v) is 4.90. The Morgan fingerprint density at radius 1 is 0.875 bits per heavy atom. The van der Waals surface area contributed by atoms with Crippen LogP contribution in [-0.4, -0.2) is 36.1 Å². The zero-order valence-corrected chi connectivity index (χ0v) is 19.2. The van der Waals surface area contributed by atoms with Crippen molar-refractivity contribution in [2.24, 2.45) is 0 Å². The fourth-order valence-electron chi connectivity index (χ4n) is 2.91. The highest BCUT2D eigenvalue weighted by atomic mass is 32.2. The van der Waals surface area contributed by atoms with Gasteiger partial charge in [0.1, 0.15) is 5.75 Å². The molecule has 168 valence electrons. The van der Waals surface area contributed by atoms with Gasteiger partial charge in [0.05, 0.1) is 16.9 Å². The summed E-state index contributed by atoms with van der Waals surface area (Å²) in [5.74, 6) is 0.0274. The van der Waals surface area contributed by atoms with E-state index in [4.69, 9.17) is 4.74 Å². The van der Waals surface area contributed by atoms with E-state index in [1.165, 1.54) is 37.4 Å². The molecule has 8 nitrogen and oxygen atoms in total. The van der Waals surface area contributed by atoms with Gasteiger partial charge in [-0.15, -0.1) is 0 Å². The molecule has 0 unspecified atom stereocenters. The van der Waals surface area contributed by atoms with Crippen LogP contribution in [0.25, 0.3) is 0 Å². The Balaban J connectivity index is 1.85. The number of rotatable bonds is 7. The second-order valence-electron chi connectivity index (χ2n) is 7.07. The molecule has 0 aliphatic carbocycles. The molecule has 0 aromatic heterocycles. The minimum Gasteiger partial charge on any atom is -0.497 e. The predicted octanol–water partition coefficient (Wildman–Crippen LogP) is 3.46. The normalized spacial score (nSPS) is 11.6. The van der Waals surface area contributed by atoms with Crippen LogP contribution in [0.4, 0.5) is 11.4 Å². The average molecular weight is 475 g/mol. The molecule has 0 radical (unpaired) electrons. The predicted molar refractivity (Wildman–Crippen MR) is 122 cm³/mol. The lowest BCUT2D eigenvalue weighted by molar-refractivity contribution is 0.102. The molecule has 2 N–H and O–H groups in total. The van der Waals surface area contributed by atoms with Crippen molar-refractivity contribution in [1.82, 2.24) is 0 Å². The van der Waals surface area contributed by atoms with Gasteiger partial charge in [-0.25, -0.2) is 16.8 Å². The first kappa shape index (κ1) is 23.3. The second-order valence-corrected chi connectivity index (χ2v) is 10.7. The molecule has 0 spiro atoms. The van der Waals surface area contributed by atoms with Crippen molar-refractivity contribution in [1.29, 1.82) is 0 Å². The lowest BCUT2D eigenvalue weighted by Gasteiger charge is -2.13. The van der Waals surface area contributed by atoms with Gasteiger partial charge in [0, 0.05) is 23.2 Å². The molecule has 10 heteroatoms. The number of anilines is 2. The molecule has 0 saturated carbocycles. The van der Waals surface area contributed by atoms with Crippen LogP contribution in [0.15, 0.2) is 76.5 Å². The maximum atomic E-state index is 12.9. The second kappa shape index (κ2) is 9.01. The molecule has 3 rings (SSSR count). The third kappa shape index (κ3) is 5.45. The lowest BCUT2D eigenvalue weighted by atomic mass is 10.2. The maximum absolute atomic E-state index is 12.9. The Bertz CT molecular complexity index is 1370. The molecule has 0 atom stereocenters. The van der Waals surface area contributed by atoms with E-state index in [0.29, 0.717) is 17.0 Å². The molecule has 3 aromatic carbocycles. The molecule has 3 aromatic rings. The molecule has 1 amide bonds. The van der Waals surface area contributed by atoms with Crippen molar-refractivity contribution in [2.75, 3.05) is 23.4 Å². The highest BCUT2D eigenvalue weighted by Gasteiger charge is 2.19. The van der Waals surface area contributed by atoms with E-state index in [1.54, 1.807) is 43.3 Å². The highest BCUT2D eigenvalue weighted by molar-refractivity contribution is 7.92. The molecule has 0 fully saturated rings. The van der Waals surface area contributed by atoms with Crippen molar-refractivity contribution in [3.8, 4) is 5.75 Å². The number of sulfone groups is 1. The van der Waals surface area contributed by atoms with Crippen LogP contribution in [0.2, 0.25) is 0 Å². The van der Waals surface area contributed by atoms with Gasteiger partial charge in [-0.1, -0.05) is 12.1 Å². The van der Waals surface area contributed by atoms with Crippen molar-refractivity contribution in [3.63, 3.8) is 0 Å². The zero-order valence-electron chi connectivity index (χ0n) is 17.6. The number of ether oxygens (including phenoxy) is 1. The minimum absolute atomic E-state index is 0.00370. The molecule has 0 aliphatic rings. The largest absolute Gasteiger partial charge is 0.497 e. The Morgan fingerprint density at radius 3 is 2.16 bits per heavy atom. The quantitative estimate of drug-likeness (QED) is 0.541. The Labute approximate surface area is 187 Å². The summed E-state index contributed by atoms with van der Waals surface area (Å²) in [4.78, 5) is 12.6. The Hall–Kier alpha value is -3.37. The maximum Gasteiger partial charge on any atom is 0.262 e. The number of sulfonamides is 1. The van der Waals surface area contributed by atoms with Gasteiger partial charge in [0.25, 0.3) is 15.9 Å². The number of benzene rings is 3. The van der Waals surface area contributed by atoms with Crippen molar-refractivity contribution in [3.05, 3.63) is 77.9 Å². The van der Waals surface area contributed by atoms with Gasteiger partial charge < -0.3 is 10.1 Å². The topological polar surface area (TPSA) is 119 Å². The number of carbonyl (C=O) groups is 1. The molecule has 0 heterocycles. The number of methoxy groups -OCH3 is 1. The van der Waals surface area contributed by atoms with E-state index in [9.17, 15) is 21.6 Å². The van der Waals surface area contributed by atoms with E-state index in [0.717, 1.165) is 6.26 Å². The van der Waals surface area contributed by atoms with Crippen LogP contribution in [-0.2, 0) is 19.9 Å². The fraction of sp³-hybridized carbons (Fsp3) is 0.136. The standard InChI is InChI=1S/C22H22N2O6S2/c1-15-7-8-18(23-22(25)16-5-4-6-20(13-16)31(3,26)27)14-21(15)32(28,29)24-17-9-11-19(30-2)12-10-17/h4-14,24H,1-3H3,(H,23,25). The number of amides is 1.